The Bertz CT molecular complexity index is 3720. The van der Waals surface area contributed by atoms with Crippen LogP contribution in [0.2, 0.25) is 0 Å². The molecule has 1 aromatic heterocycles. The maximum Gasteiger partial charge on any atom is 0.160 e. The van der Waals surface area contributed by atoms with Crippen LogP contribution in [0.5, 0.6) is 0 Å². The van der Waals surface area contributed by atoms with E-state index < -0.39 is 5.41 Å². The first kappa shape index (κ1) is 39.9. The molecule has 13 rings (SSSR count). The lowest BCUT2D eigenvalue weighted by Gasteiger charge is -2.34. The van der Waals surface area contributed by atoms with Gasteiger partial charge in [0.2, 0.25) is 0 Å². The summed E-state index contributed by atoms with van der Waals surface area (Å²) >= 11 is 0. The molecule has 10 aromatic carbocycles. The lowest BCUT2D eigenvalue weighted by molar-refractivity contribution is 0.660. The van der Waals surface area contributed by atoms with Gasteiger partial charge in [-0.05, 0) is 113 Å². The van der Waals surface area contributed by atoms with Gasteiger partial charge in [0.15, 0.2) is 5.82 Å². The van der Waals surface area contributed by atoms with Crippen LogP contribution in [0, 0.1) is 0 Å². The molecule has 0 spiro atoms. The Labute approximate surface area is 398 Å². The van der Waals surface area contributed by atoms with Crippen LogP contribution in [0.25, 0.3) is 89.2 Å². The summed E-state index contributed by atoms with van der Waals surface area (Å²) in [4.78, 5) is 10.6. The second kappa shape index (κ2) is 15.6. The van der Waals surface area contributed by atoms with E-state index in [0.717, 1.165) is 33.5 Å². The van der Waals surface area contributed by atoms with Gasteiger partial charge in [0.1, 0.15) is 0 Å². The normalized spacial score (nSPS) is 13.7. The number of benzene rings is 10. The molecule has 2 nitrogen and oxygen atoms in total. The average Bonchev–Trinajstić information content (AvgIpc) is 3.83. The molecule has 0 aliphatic heterocycles. The monoisotopic (exact) mass is 866 g/mol. The smallest absolute Gasteiger partial charge is 0.160 e. The Morgan fingerprint density at radius 2 is 0.750 bits per heavy atom. The first-order valence-corrected chi connectivity index (χ1v) is 23.6. The molecular weight excluding hydrogens is 821 g/mol. The van der Waals surface area contributed by atoms with Gasteiger partial charge in [-0.3, -0.25) is 0 Å². The van der Waals surface area contributed by atoms with Crippen LogP contribution in [0.1, 0.15) is 47.2 Å². The molecule has 0 atom stereocenters. The fourth-order valence-corrected chi connectivity index (χ4v) is 11.6. The fourth-order valence-electron chi connectivity index (χ4n) is 11.6. The van der Waals surface area contributed by atoms with Gasteiger partial charge in [-0.1, -0.05) is 232 Å². The van der Waals surface area contributed by atoms with Crippen molar-refractivity contribution < 1.29 is 0 Å². The molecule has 0 amide bonds. The van der Waals surface area contributed by atoms with E-state index in [1.165, 1.54) is 83.3 Å². The summed E-state index contributed by atoms with van der Waals surface area (Å²) in [5.74, 6) is 0.711. The molecule has 0 radical (unpaired) electrons. The van der Waals surface area contributed by atoms with E-state index in [-0.39, 0.29) is 5.41 Å². The van der Waals surface area contributed by atoms with E-state index >= 15 is 0 Å². The summed E-state index contributed by atoms with van der Waals surface area (Å²) in [6, 6.07) is 88.7. The number of rotatable bonds is 7. The minimum Gasteiger partial charge on any atom is -0.228 e. The molecule has 320 valence electrons. The highest BCUT2D eigenvalue weighted by Gasteiger charge is 2.46. The van der Waals surface area contributed by atoms with E-state index in [9.17, 15) is 0 Å². The number of hydrogen-bond acceptors (Lipinski definition) is 2. The Morgan fingerprint density at radius 3 is 1.47 bits per heavy atom. The number of hydrogen-bond donors (Lipinski definition) is 0. The van der Waals surface area contributed by atoms with Gasteiger partial charge in [0, 0.05) is 22.1 Å². The number of nitrogens with zero attached hydrogens (tertiary/aromatic N) is 2. The molecule has 2 aliphatic carbocycles. The summed E-state index contributed by atoms with van der Waals surface area (Å²) in [7, 11) is 0. The maximum absolute atomic E-state index is 5.33. The Kier molecular flexibility index (Phi) is 9.13. The van der Waals surface area contributed by atoms with Crippen molar-refractivity contribution in [3.63, 3.8) is 0 Å². The summed E-state index contributed by atoms with van der Waals surface area (Å²) in [5.41, 5.74) is 22.1. The molecule has 68 heavy (non-hydrogen) atoms. The van der Waals surface area contributed by atoms with Crippen LogP contribution in [-0.4, -0.2) is 9.97 Å². The zero-order chi connectivity index (χ0) is 45.4. The van der Waals surface area contributed by atoms with Crippen molar-refractivity contribution in [1.29, 1.82) is 0 Å². The zero-order valence-electron chi connectivity index (χ0n) is 38.0. The molecule has 2 heteroatoms. The third-order valence-electron chi connectivity index (χ3n) is 14.8. The molecule has 11 aromatic rings. The molecule has 0 saturated carbocycles. The van der Waals surface area contributed by atoms with Gasteiger partial charge in [-0.15, -0.1) is 0 Å². The maximum atomic E-state index is 5.33. The lowest BCUT2D eigenvalue weighted by atomic mass is 9.67. The van der Waals surface area contributed by atoms with Crippen molar-refractivity contribution in [3.8, 4) is 78.4 Å². The van der Waals surface area contributed by atoms with Crippen LogP contribution in [-0.2, 0) is 10.8 Å². The standard InChI is InChI=1S/C66H46N2/c1-65(2)58-31-16-14-29-53(58)55-36-34-47(41-60(55)65)62-42-63(68-64(67-62)43-19-6-3-7-20-43)57-38-37-50(51-27-12-13-28-52(51)57)46-22-18-21-44(39-46)45-33-35-56-54-30-15-17-32-59(54)66(61(56)40-45,48-23-8-4-9-24-48)49-25-10-5-11-26-49/h3-42H,1-2H3. The van der Waals surface area contributed by atoms with Gasteiger partial charge in [-0.25, -0.2) is 9.97 Å². The van der Waals surface area contributed by atoms with E-state index in [4.69, 9.17) is 9.97 Å². The van der Waals surface area contributed by atoms with Crippen molar-refractivity contribution in [1.82, 2.24) is 9.97 Å². The highest BCUT2D eigenvalue weighted by molar-refractivity contribution is 6.05. The predicted octanol–water partition coefficient (Wildman–Crippen LogP) is 16.6. The summed E-state index contributed by atoms with van der Waals surface area (Å²) in [6.07, 6.45) is 0. The van der Waals surface area contributed by atoms with Crippen molar-refractivity contribution in [3.05, 3.63) is 276 Å². The van der Waals surface area contributed by atoms with Crippen LogP contribution < -0.4 is 0 Å². The molecule has 0 unspecified atom stereocenters. The molecule has 1 heterocycles. The Morgan fingerprint density at radius 1 is 0.279 bits per heavy atom. The Balaban J connectivity index is 0.932. The molecule has 0 fully saturated rings. The third-order valence-corrected chi connectivity index (χ3v) is 14.8. The second-order valence-corrected chi connectivity index (χ2v) is 18.8. The first-order chi connectivity index (χ1) is 33.5. The SMILES string of the molecule is CC1(C)c2ccccc2-c2ccc(-c3cc(-c4ccc(-c5cccc(-c6ccc7c(c6)C(c6ccccc6)(c6ccccc6)c6ccccc6-7)c5)c5ccccc45)nc(-c4ccccc4)n3)cc21. The van der Waals surface area contributed by atoms with Crippen LogP contribution in [0.3, 0.4) is 0 Å². The van der Waals surface area contributed by atoms with Crippen molar-refractivity contribution in [2.75, 3.05) is 0 Å². The minimum absolute atomic E-state index is 0.120. The molecule has 0 saturated heterocycles. The van der Waals surface area contributed by atoms with E-state index in [1.807, 2.05) is 6.07 Å². The van der Waals surface area contributed by atoms with Gasteiger partial charge in [0.25, 0.3) is 0 Å². The van der Waals surface area contributed by atoms with E-state index in [0.29, 0.717) is 5.82 Å². The molecule has 0 N–H and O–H groups in total. The molecule has 2 aliphatic rings. The van der Waals surface area contributed by atoms with Gasteiger partial charge in [-0.2, -0.15) is 0 Å². The van der Waals surface area contributed by atoms with Crippen molar-refractivity contribution in [2.45, 2.75) is 24.7 Å². The largest absolute Gasteiger partial charge is 0.228 e. The third kappa shape index (κ3) is 6.11. The quantitative estimate of drug-likeness (QED) is 0.159. The van der Waals surface area contributed by atoms with E-state index in [1.54, 1.807) is 0 Å². The Hall–Kier alpha value is -8.46. The lowest BCUT2D eigenvalue weighted by Crippen LogP contribution is -2.28. The van der Waals surface area contributed by atoms with Gasteiger partial charge < -0.3 is 0 Å². The van der Waals surface area contributed by atoms with Gasteiger partial charge >= 0.3 is 0 Å². The zero-order valence-corrected chi connectivity index (χ0v) is 38.0. The number of aromatic nitrogens is 2. The predicted molar refractivity (Wildman–Crippen MR) is 282 cm³/mol. The topological polar surface area (TPSA) is 25.8 Å². The summed E-state index contributed by atoms with van der Waals surface area (Å²) in [5, 5.41) is 2.33. The van der Waals surface area contributed by atoms with E-state index in [2.05, 4.69) is 250 Å². The summed E-state index contributed by atoms with van der Waals surface area (Å²) < 4.78 is 0. The highest BCUT2D eigenvalue weighted by atomic mass is 14.9. The molecule has 0 bridgehead atoms. The fraction of sp³-hybridized carbons (Fsp3) is 0.0606. The number of fused-ring (bicyclic) bond motifs is 7. The van der Waals surface area contributed by atoms with Crippen LogP contribution >= 0.6 is 0 Å². The van der Waals surface area contributed by atoms with Crippen LogP contribution in [0.4, 0.5) is 0 Å². The average molecular weight is 867 g/mol. The highest BCUT2D eigenvalue weighted by Crippen LogP contribution is 2.57. The summed E-state index contributed by atoms with van der Waals surface area (Å²) in [6.45, 7) is 4.66. The van der Waals surface area contributed by atoms with Crippen molar-refractivity contribution in [2.24, 2.45) is 0 Å². The van der Waals surface area contributed by atoms with Gasteiger partial charge in [0.05, 0.1) is 16.8 Å². The molecular formula is C66H46N2. The minimum atomic E-state index is -0.460. The first-order valence-electron chi connectivity index (χ1n) is 23.6. The van der Waals surface area contributed by atoms with Crippen LogP contribution in [0.15, 0.2) is 243 Å². The van der Waals surface area contributed by atoms with Crippen molar-refractivity contribution >= 4 is 10.8 Å². The second-order valence-electron chi connectivity index (χ2n) is 18.8.